The number of aryl methyl sites for hydroxylation is 2. The van der Waals surface area contributed by atoms with Crippen molar-refractivity contribution in [3.05, 3.63) is 46.5 Å². The van der Waals surface area contributed by atoms with Gasteiger partial charge in [0.1, 0.15) is 0 Å². The molecular formula is C14H18N2OS. The topological polar surface area (TPSA) is 45.2 Å². The van der Waals surface area contributed by atoms with Crippen molar-refractivity contribution >= 4 is 16.5 Å². The van der Waals surface area contributed by atoms with Crippen LogP contribution in [0, 0.1) is 13.8 Å². The molecule has 2 aromatic rings. The molecule has 2 N–H and O–H groups in total. The molecule has 0 amide bonds. The smallest absolute Gasteiger partial charge is 0.183 e. The quantitative estimate of drug-likeness (QED) is 0.890. The fourth-order valence-corrected chi connectivity index (χ4v) is 2.71. The average molecular weight is 262 g/mol. The summed E-state index contributed by atoms with van der Waals surface area (Å²) in [4.78, 5) is 5.66. The number of nitrogens with one attached hydrogen (secondary N) is 1. The van der Waals surface area contributed by atoms with Gasteiger partial charge in [-0.25, -0.2) is 4.98 Å². The maximum Gasteiger partial charge on any atom is 0.183 e. The zero-order chi connectivity index (χ0) is 13.2. The predicted molar refractivity (Wildman–Crippen MR) is 76.1 cm³/mol. The summed E-state index contributed by atoms with van der Waals surface area (Å²) in [5.74, 6) is 0. The minimum absolute atomic E-state index is 0.0225. The second kappa shape index (κ2) is 5.08. The summed E-state index contributed by atoms with van der Waals surface area (Å²) in [5.41, 5.74) is 1.59. The largest absolute Gasteiger partial charge is 0.394 e. The van der Waals surface area contributed by atoms with Gasteiger partial charge in [-0.1, -0.05) is 30.3 Å². The molecule has 1 unspecified atom stereocenters. The van der Waals surface area contributed by atoms with Gasteiger partial charge < -0.3 is 10.4 Å². The summed E-state index contributed by atoms with van der Waals surface area (Å²) < 4.78 is 0. The Hall–Kier alpha value is -1.39. The zero-order valence-corrected chi connectivity index (χ0v) is 11.7. The molecule has 96 valence electrons. The second-order valence-corrected chi connectivity index (χ2v) is 5.85. The lowest BCUT2D eigenvalue weighted by Gasteiger charge is -2.29. The number of rotatable bonds is 4. The van der Waals surface area contributed by atoms with Gasteiger partial charge >= 0.3 is 0 Å². The monoisotopic (exact) mass is 262 g/mol. The van der Waals surface area contributed by atoms with Crippen molar-refractivity contribution in [3.8, 4) is 0 Å². The van der Waals surface area contributed by atoms with Gasteiger partial charge in [0, 0.05) is 4.88 Å². The number of thiazole rings is 1. The van der Waals surface area contributed by atoms with E-state index < -0.39 is 5.54 Å². The fraction of sp³-hybridized carbons (Fsp3) is 0.357. The van der Waals surface area contributed by atoms with Crippen LogP contribution in [-0.2, 0) is 5.54 Å². The Labute approximate surface area is 112 Å². The van der Waals surface area contributed by atoms with E-state index in [2.05, 4.69) is 17.2 Å². The molecule has 0 bridgehead atoms. The molecule has 1 heterocycles. The van der Waals surface area contributed by atoms with E-state index in [0.29, 0.717) is 0 Å². The molecule has 0 aliphatic rings. The first-order chi connectivity index (χ1) is 8.55. The van der Waals surface area contributed by atoms with E-state index in [9.17, 15) is 5.11 Å². The minimum Gasteiger partial charge on any atom is -0.394 e. The van der Waals surface area contributed by atoms with Gasteiger partial charge in [0.05, 0.1) is 17.8 Å². The predicted octanol–water partition coefficient (Wildman–Crippen LogP) is 3.08. The lowest BCUT2D eigenvalue weighted by Crippen LogP contribution is -2.35. The molecular weight excluding hydrogens is 244 g/mol. The van der Waals surface area contributed by atoms with Crippen LogP contribution in [0.5, 0.6) is 0 Å². The summed E-state index contributed by atoms with van der Waals surface area (Å²) in [6.07, 6.45) is 0. The van der Waals surface area contributed by atoms with E-state index >= 15 is 0 Å². The summed E-state index contributed by atoms with van der Waals surface area (Å²) in [6, 6.07) is 9.94. The molecule has 1 atom stereocenters. The average Bonchev–Trinajstić information content (AvgIpc) is 2.69. The van der Waals surface area contributed by atoms with Gasteiger partial charge in [-0.3, -0.25) is 0 Å². The summed E-state index contributed by atoms with van der Waals surface area (Å²) in [5, 5.41) is 13.9. The number of hydrogen-bond acceptors (Lipinski definition) is 4. The molecule has 0 saturated carbocycles. The van der Waals surface area contributed by atoms with Gasteiger partial charge in [0.15, 0.2) is 5.13 Å². The van der Waals surface area contributed by atoms with Crippen LogP contribution in [0.2, 0.25) is 0 Å². The van der Waals surface area contributed by atoms with Gasteiger partial charge in [-0.2, -0.15) is 0 Å². The van der Waals surface area contributed by atoms with Crippen LogP contribution >= 0.6 is 11.3 Å². The van der Waals surface area contributed by atoms with Crippen molar-refractivity contribution in [2.75, 3.05) is 11.9 Å². The molecule has 1 aromatic carbocycles. The second-order valence-electron chi connectivity index (χ2n) is 4.64. The van der Waals surface area contributed by atoms with Crippen molar-refractivity contribution < 1.29 is 5.11 Å². The Morgan fingerprint density at radius 2 is 1.94 bits per heavy atom. The van der Waals surface area contributed by atoms with Crippen LogP contribution in [0.25, 0.3) is 0 Å². The number of hydrogen-bond donors (Lipinski definition) is 2. The van der Waals surface area contributed by atoms with Crippen molar-refractivity contribution in [3.63, 3.8) is 0 Å². The molecule has 3 nitrogen and oxygen atoms in total. The Balaban J connectivity index is 2.28. The van der Waals surface area contributed by atoms with E-state index in [1.807, 2.05) is 44.2 Å². The molecule has 18 heavy (non-hydrogen) atoms. The zero-order valence-electron chi connectivity index (χ0n) is 10.9. The van der Waals surface area contributed by atoms with Crippen molar-refractivity contribution in [1.82, 2.24) is 4.98 Å². The third kappa shape index (κ3) is 2.54. The number of aliphatic hydroxyl groups excluding tert-OH is 1. The fourth-order valence-electron chi connectivity index (χ4n) is 1.77. The van der Waals surface area contributed by atoms with Gasteiger partial charge in [0.2, 0.25) is 0 Å². The summed E-state index contributed by atoms with van der Waals surface area (Å²) in [6.45, 7) is 6.05. The van der Waals surface area contributed by atoms with Crippen LogP contribution in [0.1, 0.15) is 23.1 Å². The lowest BCUT2D eigenvalue weighted by molar-refractivity contribution is 0.224. The highest BCUT2D eigenvalue weighted by Crippen LogP contribution is 2.29. The van der Waals surface area contributed by atoms with E-state index in [-0.39, 0.29) is 6.61 Å². The van der Waals surface area contributed by atoms with E-state index in [0.717, 1.165) is 16.4 Å². The third-order valence-electron chi connectivity index (χ3n) is 3.14. The summed E-state index contributed by atoms with van der Waals surface area (Å²) >= 11 is 1.62. The van der Waals surface area contributed by atoms with Crippen LogP contribution in [-0.4, -0.2) is 16.7 Å². The van der Waals surface area contributed by atoms with E-state index in [1.54, 1.807) is 11.3 Å². The molecule has 1 aromatic heterocycles. The molecule has 0 radical (unpaired) electrons. The van der Waals surface area contributed by atoms with Crippen molar-refractivity contribution in [2.24, 2.45) is 0 Å². The Morgan fingerprint density at radius 1 is 1.28 bits per heavy atom. The van der Waals surface area contributed by atoms with Crippen LogP contribution in [0.15, 0.2) is 30.3 Å². The summed E-state index contributed by atoms with van der Waals surface area (Å²) in [7, 11) is 0. The van der Waals surface area contributed by atoms with E-state index in [4.69, 9.17) is 0 Å². The van der Waals surface area contributed by atoms with Crippen molar-refractivity contribution in [2.45, 2.75) is 26.3 Å². The molecule has 4 heteroatoms. The van der Waals surface area contributed by atoms with Gasteiger partial charge in [0.25, 0.3) is 0 Å². The third-order valence-corrected chi connectivity index (χ3v) is 4.13. The number of nitrogens with zero attached hydrogens (tertiary/aromatic N) is 1. The first kappa shape index (κ1) is 13.1. The van der Waals surface area contributed by atoms with Gasteiger partial charge in [-0.05, 0) is 26.3 Å². The number of benzene rings is 1. The Kier molecular flexibility index (Phi) is 3.68. The Bertz CT molecular complexity index is 504. The number of aromatic nitrogens is 1. The lowest BCUT2D eigenvalue weighted by atomic mass is 9.93. The maximum absolute atomic E-state index is 9.69. The number of anilines is 1. The van der Waals surface area contributed by atoms with Crippen LogP contribution in [0.4, 0.5) is 5.13 Å². The molecule has 0 spiro atoms. The highest BCUT2D eigenvalue weighted by Gasteiger charge is 2.26. The highest BCUT2D eigenvalue weighted by molar-refractivity contribution is 7.15. The standard InChI is InChI=1S/C14H18N2OS/c1-10-11(2)18-13(15-10)16-14(3,9-17)12-7-5-4-6-8-12/h4-8,17H,9H2,1-3H3,(H,15,16). The normalized spacial score (nSPS) is 14.2. The SMILES string of the molecule is Cc1nc(NC(C)(CO)c2ccccc2)sc1C. The molecule has 0 saturated heterocycles. The number of aliphatic hydroxyl groups is 1. The molecule has 0 fully saturated rings. The first-order valence-corrected chi connectivity index (χ1v) is 6.75. The first-order valence-electron chi connectivity index (χ1n) is 5.94. The highest BCUT2D eigenvalue weighted by atomic mass is 32.1. The minimum atomic E-state index is -0.502. The molecule has 0 aliphatic heterocycles. The van der Waals surface area contributed by atoms with E-state index in [1.165, 1.54) is 4.88 Å². The Morgan fingerprint density at radius 3 is 2.44 bits per heavy atom. The van der Waals surface area contributed by atoms with Crippen molar-refractivity contribution in [1.29, 1.82) is 0 Å². The van der Waals surface area contributed by atoms with Crippen LogP contribution < -0.4 is 5.32 Å². The molecule has 2 rings (SSSR count). The molecule has 0 aliphatic carbocycles. The maximum atomic E-state index is 9.69. The van der Waals surface area contributed by atoms with Gasteiger partial charge in [-0.15, -0.1) is 11.3 Å². The van der Waals surface area contributed by atoms with Crippen LogP contribution in [0.3, 0.4) is 0 Å².